The van der Waals surface area contributed by atoms with Crippen LogP contribution in [0.2, 0.25) is 0 Å². The first-order chi connectivity index (χ1) is 20.2. The fourth-order valence-electron chi connectivity index (χ4n) is 5.08. The molecule has 1 aliphatic rings. The summed E-state index contributed by atoms with van der Waals surface area (Å²) in [5, 5.41) is 17.3. The second-order valence-electron chi connectivity index (χ2n) is 10.3. The highest BCUT2D eigenvalue weighted by atomic mass is 32.2. The number of fused-ring (bicyclic) bond motifs is 1. The van der Waals surface area contributed by atoms with Gasteiger partial charge in [0, 0.05) is 45.0 Å². The Morgan fingerprint density at radius 1 is 1.16 bits per heavy atom. The molecule has 2 aromatic carbocycles. The largest absolute Gasteiger partial charge is 0.480 e. The number of rotatable bonds is 9. The van der Waals surface area contributed by atoms with Crippen LogP contribution < -0.4 is 26.1 Å². The molecule has 1 unspecified atom stereocenters. The molecule has 1 amide bonds. The van der Waals surface area contributed by atoms with Crippen LogP contribution in [0.25, 0.3) is 10.9 Å². The topological polar surface area (TPSA) is 171 Å². The van der Waals surface area contributed by atoms with Gasteiger partial charge in [0.05, 0.1) is 15.8 Å². The van der Waals surface area contributed by atoms with Gasteiger partial charge in [0.15, 0.2) is 11.8 Å². The van der Waals surface area contributed by atoms with Gasteiger partial charge in [-0.2, -0.15) is 4.72 Å². The monoisotopic (exact) mass is 618 g/mol. The molecule has 0 bridgehead atoms. The zero-order valence-corrected chi connectivity index (χ0v) is 24.8. The van der Waals surface area contributed by atoms with Gasteiger partial charge in [0.2, 0.25) is 15.5 Å². The minimum atomic E-state index is -4.31. The van der Waals surface area contributed by atoms with Crippen LogP contribution in [0.15, 0.2) is 39.1 Å². The Morgan fingerprint density at radius 2 is 1.84 bits per heavy atom. The van der Waals surface area contributed by atoms with Gasteiger partial charge in [0.25, 0.3) is 5.91 Å². The third-order valence-electron chi connectivity index (χ3n) is 6.96. The number of aromatic nitrogens is 1. The summed E-state index contributed by atoms with van der Waals surface area (Å²) in [6.45, 7) is 5.22. The van der Waals surface area contributed by atoms with Crippen molar-refractivity contribution < 1.29 is 31.9 Å². The molecule has 0 spiro atoms. The van der Waals surface area contributed by atoms with Crippen LogP contribution in [-0.4, -0.2) is 61.6 Å². The molecule has 0 radical (unpaired) electrons. The first kappa shape index (κ1) is 31.6. The highest BCUT2D eigenvalue weighted by molar-refractivity contribution is 7.89. The van der Waals surface area contributed by atoms with E-state index in [0.29, 0.717) is 30.2 Å². The predicted molar refractivity (Wildman–Crippen MR) is 156 cm³/mol. The standard InChI is InChI=1S/C28H32F2N6O6S/c1-14-8-15(2)25(16(3)9-14)43(41,42)35-21(27(39)40)12-33-26(38)19-13-36(4)23-17(24(19)37)10-20(29)18(22(23)30)11-34-28-31-6-5-7-32-28/h8-10,13,21,35H,5-7,11-12H2,1-4H3,(H,33,38)(H,39,40)(H2,31,32,34). The van der Waals surface area contributed by atoms with Crippen molar-refractivity contribution in [3.05, 3.63) is 74.1 Å². The Kier molecular flexibility index (Phi) is 9.15. The minimum absolute atomic E-state index is 0.0827. The van der Waals surface area contributed by atoms with E-state index in [2.05, 4.69) is 25.7 Å². The summed E-state index contributed by atoms with van der Waals surface area (Å²) in [6, 6.07) is 2.34. The fraction of sp³-hybridized carbons (Fsp3) is 0.357. The maximum Gasteiger partial charge on any atom is 0.323 e. The maximum atomic E-state index is 15.4. The quantitative estimate of drug-likeness (QED) is 0.239. The molecule has 43 heavy (non-hydrogen) atoms. The maximum absolute atomic E-state index is 15.4. The number of amides is 1. The Balaban J connectivity index is 1.57. The number of hydrogen-bond donors (Lipinski definition) is 5. The molecule has 15 heteroatoms. The van der Waals surface area contributed by atoms with E-state index in [9.17, 15) is 32.3 Å². The molecule has 0 saturated heterocycles. The lowest BCUT2D eigenvalue weighted by molar-refractivity contribution is -0.138. The number of benzene rings is 2. The fourth-order valence-corrected chi connectivity index (χ4v) is 6.72. The number of aliphatic imine (C=N–C) groups is 1. The number of guanidine groups is 1. The molecule has 0 aliphatic carbocycles. The number of pyridine rings is 1. The number of aryl methyl sites for hydroxylation is 4. The lowest BCUT2D eigenvalue weighted by Gasteiger charge is -2.19. The number of sulfonamides is 1. The van der Waals surface area contributed by atoms with E-state index in [-0.39, 0.29) is 22.5 Å². The third kappa shape index (κ3) is 6.67. The van der Waals surface area contributed by atoms with Crippen molar-refractivity contribution in [2.24, 2.45) is 12.0 Å². The van der Waals surface area contributed by atoms with E-state index in [1.165, 1.54) is 7.05 Å². The van der Waals surface area contributed by atoms with E-state index in [1.807, 2.05) is 0 Å². The molecule has 2 heterocycles. The number of nitrogens with one attached hydrogen (secondary N) is 4. The molecule has 230 valence electrons. The van der Waals surface area contributed by atoms with Crippen molar-refractivity contribution in [3.63, 3.8) is 0 Å². The Labute approximate surface area is 246 Å². The van der Waals surface area contributed by atoms with E-state index < -0.39 is 62.5 Å². The number of carboxylic acid groups (broad SMARTS) is 1. The van der Waals surface area contributed by atoms with Crippen LogP contribution in [0.5, 0.6) is 0 Å². The number of carbonyl (C=O) groups excluding carboxylic acids is 1. The smallest absolute Gasteiger partial charge is 0.323 e. The summed E-state index contributed by atoms with van der Waals surface area (Å²) < 4.78 is 59.8. The summed E-state index contributed by atoms with van der Waals surface area (Å²) in [5.74, 6) is -4.23. The van der Waals surface area contributed by atoms with Crippen LogP contribution in [0.3, 0.4) is 0 Å². The van der Waals surface area contributed by atoms with Crippen molar-refractivity contribution in [2.75, 3.05) is 19.6 Å². The summed E-state index contributed by atoms with van der Waals surface area (Å²) in [4.78, 5) is 42.1. The first-order valence-electron chi connectivity index (χ1n) is 13.3. The molecular weight excluding hydrogens is 586 g/mol. The molecule has 4 rings (SSSR count). The van der Waals surface area contributed by atoms with Gasteiger partial charge in [-0.15, -0.1) is 0 Å². The van der Waals surface area contributed by atoms with Gasteiger partial charge in [-0.05, 0) is 44.4 Å². The molecule has 0 fully saturated rings. The molecule has 3 aromatic rings. The Morgan fingerprint density at radius 3 is 2.44 bits per heavy atom. The number of aliphatic carboxylic acids is 1. The zero-order valence-electron chi connectivity index (χ0n) is 24.0. The average molecular weight is 619 g/mol. The van der Waals surface area contributed by atoms with Gasteiger partial charge in [-0.25, -0.2) is 17.2 Å². The zero-order chi connectivity index (χ0) is 31.6. The van der Waals surface area contributed by atoms with Crippen molar-refractivity contribution in [1.29, 1.82) is 0 Å². The number of nitrogens with zero attached hydrogens (tertiary/aromatic N) is 2. The van der Waals surface area contributed by atoms with E-state index in [4.69, 9.17) is 0 Å². The SMILES string of the molecule is Cc1cc(C)c(S(=O)(=O)NC(CNC(=O)c2cn(C)c3c(F)c(CNC4=NCCCN4)c(F)cc3c2=O)C(=O)O)c(C)c1. The van der Waals surface area contributed by atoms with Crippen molar-refractivity contribution in [1.82, 2.24) is 25.2 Å². The van der Waals surface area contributed by atoms with Gasteiger partial charge >= 0.3 is 5.97 Å². The Bertz CT molecular complexity index is 1800. The molecule has 1 aromatic heterocycles. The molecular formula is C28H32F2N6O6S. The van der Waals surface area contributed by atoms with Crippen LogP contribution in [0.4, 0.5) is 8.78 Å². The number of carbonyl (C=O) groups is 2. The van der Waals surface area contributed by atoms with Crippen LogP contribution in [-0.2, 0) is 28.4 Å². The molecule has 12 nitrogen and oxygen atoms in total. The second kappa shape index (κ2) is 12.5. The molecule has 1 aliphatic heterocycles. The minimum Gasteiger partial charge on any atom is -0.480 e. The van der Waals surface area contributed by atoms with Gasteiger partial charge in [-0.3, -0.25) is 19.4 Å². The summed E-state index contributed by atoms with van der Waals surface area (Å²) in [5.41, 5.74) is -0.417. The Hall–Kier alpha value is -4.37. The lowest BCUT2D eigenvalue weighted by atomic mass is 10.1. The summed E-state index contributed by atoms with van der Waals surface area (Å²) in [7, 11) is -2.95. The molecule has 5 N–H and O–H groups in total. The van der Waals surface area contributed by atoms with Crippen molar-refractivity contribution in [2.45, 2.75) is 44.7 Å². The highest BCUT2D eigenvalue weighted by Crippen LogP contribution is 2.23. The predicted octanol–water partition coefficient (Wildman–Crippen LogP) is 1.34. The average Bonchev–Trinajstić information content (AvgIpc) is 2.92. The molecule has 1 atom stereocenters. The van der Waals surface area contributed by atoms with Crippen molar-refractivity contribution >= 4 is 38.8 Å². The number of carboxylic acids is 1. The lowest BCUT2D eigenvalue weighted by Crippen LogP contribution is -2.49. The van der Waals surface area contributed by atoms with Crippen molar-refractivity contribution in [3.8, 4) is 0 Å². The van der Waals surface area contributed by atoms with E-state index in [1.54, 1.807) is 32.9 Å². The number of hydrogen-bond acceptors (Lipinski definition) is 8. The molecule has 0 saturated carbocycles. The third-order valence-corrected chi connectivity index (χ3v) is 8.74. The van der Waals surface area contributed by atoms with Gasteiger partial charge in [-0.1, -0.05) is 17.7 Å². The number of halogens is 2. The van der Waals surface area contributed by atoms with Crippen LogP contribution in [0, 0.1) is 32.4 Å². The van der Waals surface area contributed by atoms with Gasteiger partial charge < -0.3 is 25.6 Å². The van der Waals surface area contributed by atoms with Crippen LogP contribution in [0.1, 0.15) is 39.0 Å². The summed E-state index contributed by atoms with van der Waals surface area (Å²) in [6.07, 6.45) is 1.88. The van der Waals surface area contributed by atoms with E-state index in [0.717, 1.165) is 28.8 Å². The highest BCUT2D eigenvalue weighted by Gasteiger charge is 2.29. The van der Waals surface area contributed by atoms with Crippen LogP contribution >= 0.6 is 0 Å². The van der Waals surface area contributed by atoms with Gasteiger partial charge in [0.1, 0.15) is 17.4 Å². The van der Waals surface area contributed by atoms with E-state index >= 15 is 4.39 Å². The second-order valence-corrected chi connectivity index (χ2v) is 12.0. The summed E-state index contributed by atoms with van der Waals surface area (Å²) >= 11 is 0. The normalized spacial score (nSPS) is 14.1. The first-order valence-corrected chi connectivity index (χ1v) is 14.8.